The number of nitrogens with one attached hydrogen (secondary N) is 1. The molecule has 0 saturated heterocycles. The molecule has 4 heteroatoms. The summed E-state index contributed by atoms with van der Waals surface area (Å²) in [6.45, 7) is 9.05. The number of hydrogen-bond donors (Lipinski definition) is 1. The van der Waals surface area contributed by atoms with Crippen LogP contribution in [0.2, 0.25) is 0 Å². The molecule has 1 aromatic rings. The minimum atomic E-state index is -0.0247. The van der Waals surface area contributed by atoms with Gasteiger partial charge in [0.05, 0.1) is 0 Å². The van der Waals surface area contributed by atoms with E-state index in [0.717, 1.165) is 49.0 Å². The van der Waals surface area contributed by atoms with Crippen molar-refractivity contribution in [3.05, 3.63) is 29.3 Å². The first kappa shape index (κ1) is 19.2. The van der Waals surface area contributed by atoms with Gasteiger partial charge in [0, 0.05) is 32.1 Å². The van der Waals surface area contributed by atoms with Crippen molar-refractivity contribution in [2.24, 2.45) is 0 Å². The predicted octanol–water partition coefficient (Wildman–Crippen LogP) is 3.79. The Kier molecular flexibility index (Phi) is 8.38. The van der Waals surface area contributed by atoms with Crippen LogP contribution < -0.4 is 5.32 Å². The maximum absolute atomic E-state index is 12.3. The molecule has 0 aliphatic heterocycles. The molecule has 0 aromatic heterocycles. The third-order valence-electron chi connectivity index (χ3n) is 4.10. The zero-order valence-electron chi connectivity index (χ0n) is 14.9. The summed E-state index contributed by atoms with van der Waals surface area (Å²) < 4.78 is 0. The van der Waals surface area contributed by atoms with Gasteiger partial charge in [-0.1, -0.05) is 45.4 Å². The Morgan fingerprint density at radius 1 is 1.04 bits per heavy atom. The Morgan fingerprint density at radius 2 is 1.65 bits per heavy atom. The molecule has 0 aliphatic carbocycles. The number of aryl methyl sites for hydroxylation is 2. The van der Waals surface area contributed by atoms with Crippen molar-refractivity contribution in [2.75, 3.05) is 18.4 Å². The van der Waals surface area contributed by atoms with Crippen molar-refractivity contribution in [3.8, 4) is 0 Å². The molecule has 1 aromatic carbocycles. The van der Waals surface area contributed by atoms with E-state index in [2.05, 4.69) is 38.2 Å². The molecule has 2 amide bonds. The molecule has 23 heavy (non-hydrogen) atoms. The monoisotopic (exact) mass is 318 g/mol. The smallest absolute Gasteiger partial charge is 0.226 e. The first-order valence-electron chi connectivity index (χ1n) is 8.69. The topological polar surface area (TPSA) is 49.4 Å². The molecule has 0 atom stereocenters. The van der Waals surface area contributed by atoms with Crippen LogP contribution in [0, 0.1) is 0 Å². The minimum absolute atomic E-state index is 0.0247. The maximum Gasteiger partial charge on any atom is 0.226 e. The number of nitrogens with zero attached hydrogens (tertiary/aromatic N) is 1. The maximum atomic E-state index is 12.3. The molecule has 1 rings (SSSR count). The molecule has 0 fully saturated rings. The van der Waals surface area contributed by atoms with E-state index in [1.54, 1.807) is 11.8 Å². The normalized spacial score (nSPS) is 10.4. The number of para-hydroxylation sites is 1. The summed E-state index contributed by atoms with van der Waals surface area (Å²) in [5.41, 5.74) is 3.27. The standard InChI is InChI=1S/C19H30N2O2/c1-5-8-13-21(15(4)22)14-12-18(23)20-19-16(6-2)10-9-11-17(19)7-3/h9-11H,5-8,12-14H2,1-4H3,(H,20,23). The van der Waals surface area contributed by atoms with Gasteiger partial charge in [0.2, 0.25) is 11.8 Å². The Morgan fingerprint density at radius 3 is 2.13 bits per heavy atom. The fourth-order valence-corrected chi connectivity index (χ4v) is 2.62. The number of carbonyl (C=O) groups excluding carboxylic acids is 2. The van der Waals surface area contributed by atoms with Gasteiger partial charge in [0.25, 0.3) is 0 Å². The number of unbranched alkanes of at least 4 members (excludes halogenated alkanes) is 1. The van der Waals surface area contributed by atoms with Crippen LogP contribution >= 0.6 is 0 Å². The second-order valence-corrected chi connectivity index (χ2v) is 5.82. The Bertz CT molecular complexity index is 504. The van der Waals surface area contributed by atoms with E-state index in [-0.39, 0.29) is 11.8 Å². The number of benzene rings is 1. The van der Waals surface area contributed by atoms with Crippen LogP contribution in [0.15, 0.2) is 18.2 Å². The molecule has 0 radical (unpaired) electrons. The van der Waals surface area contributed by atoms with Gasteiger partial charge in [-0.25, -0.2) is 0 Å². The van der Waals surface area contributed by atoms with Crippen molar-refractivity contribution in [3.63, 3.8) is 0 Å². The molecule has 1 N–H and O–H groups in total. The molecule has 0 bridgehead atoms. The van der Waals surface area contributed by atoms with E-state index in [0.29, 0.717) is 13.0 Å². The van der Waals surface area contributed by atoms with Crippen molar-refractivity contribution >= 4 is 17.5 Å². The number of amides is 2. The molecule has 128 valence electrons. The second-order valence-electron chi connectivity index (χ2n) is 5.82. The van der Waals surface area contributed by atoms with Crippen LogP contribution in [0.1, 0.15) is 58.1 Å². The van der Waals surface area contributed by atoms with Crippen molar-refractivity contribution < 1.29 is 9.59 Å². The fourth-order valence-electron chi connectivity index (χ4n) is 2.62. The first-order chi connectivity index (χ1) is 11.0. The van der Waals surface area contributed by atoms with Crippen LogP contribution in [0.5, 0.6) is 0 Å². The third kappa shape index (κ3) is 6.05. The number of anilines is 1. The predicted molar refractivity (Wildman–Crippen MR) is 95.6 cm³/mol. The highest BCUT2D eigenvalue weighted by Gasteiger charge is 2.13. The SMILES string of the molecule is CCCCN(CCC(=O)Nc1c(CC)cccc1CC)C(C)=O. The molecule has 4 nitrogen and oxygen atoms in total. The Balaban J connectivity index is 2.68. The summed E-state index contributed by atoms with van der Waals surface area (Å²) >= 11 is 0. The molecule has 0 heterocycles. The van der Waals surface area contributed by atoms with Gasteiger partial charge in [-0.2, -0.15) is 0 Å². The van der Waals surface area contributed by atoms with Gasteiger partial charge in [0.15, 0.2) is 0 Å². The van der Waals surface area contributed by atoms with Gasteiger partial charge < -0.3 is 10.2 Å². The highest BCUT2D eigenvalue weighted by Crippen LogP contribution is 2.22. The largest absolute Gasteiger partial charge is 0.342 e. The van der Waals surface area contributed by atoms with E-state index < -0.39 is 0 Å². The highest BCUT2D eigenvalue weighted by molar-refractivity contribution is 5.92. The Hall–Kier alpha value is -1.84. The number of rotatable bonds is 9. The van der Waals surface area contributed by atoms with E-state index in [4.69, 9.17) is 0 Å². The lowest BCUT2D eigenvalue weighted by molar-refractivity contribution is -0.129. The summed E-state index contributed by atoms with van der Waals surface area (Å²) in [6.07, 6.45) is 4.13. The molecular weight excluding hydrogens is 288 g/mol. The fraction of sp³-hybridized carbons (Fsp3) is 0.579. The lowest BCUT2D eigenvalue weighted by Gasteiger charge is -2.21. The summed E-state index contributed by atoms with van der Waals surface area (Å²) in [7, 11) is 0. The summed E-state index contributed by atoms with van der Waals surface area (Å²) in [4.78, 5) is 25.7. The summed E-state index contributed by atoms with van der Waals surface area (Å²) in [5.74, 6) is 0.0119. The van der Waals surface area contributed by atoms with E-state index in [9.17, 15) is 9.59 Å². The lowest BCUT2D eigenvalue weighted by Crippen LogP contribution is -2.33. The molecule has 0 saturated carbocycles. The molecule has 0 unspecified atom stereocenters. The molecular formula is C19H30N2O2. The third-order valence-corrected chi connectivity index (χ3v) is 4.10. The zero-order valence-corrected chi connectivity index (χ0v) is 14.9. The van der Waals surface area contributed by atoms with Gasteiger partial charge in [0.1, 0.15) is 0 Å². The average molecular weight is 318 g/mol. The summed E-state index contributed by atoms with van der Waals surface area (Å²) in [6, 6.07) is 6.14. The molecule has 0 aliphatic rings. The highest BCUT2D eigenvalue weighted by atomic mass is 16.2. The van der Waals surface area contributed by atoms with Crippen molar-refractivity contribution in [2.45, 2.75) is 59.8 Å². The first-order valence-corrected chi connectivity index (χ1v) is 8.69. The minimum Gasteiger partial charge on any atom is -0.342 e. The van der Waals surface area contributed by atoms with E-state index in [1.165, 1.54) is 0 Å². The number of carbonyl (C=O) groups is 2. The van der Waals surface area contributed by atoms with Gasteiger partial charge in [-0.3, -0.25) is 9.59 Å². The number of hydrogen-bond acceptors (Lipinski definition) is 2. The van der Waals surface area contributed by atoms with Crippen LogP contribution in [-0.4, -0.2) is 29.8 Å². The Labute approximate surface area is 140 Å². The summed E-state index contributed by atoms with van der Waals surface area (Å²) in [5, 5.41) is 3.05. The van der Waals surface area contributed by atoms with Crippen molar-refractivity contribution in [1.29, 1.82) is 0 Å². The quantitative estimate of drug-likeness (QED) is 0.753. The van der Waals surface area contributed by atoms with Gasteiger partial charge in [-0.15, -0.1) is 0 Å². The van der Waals surface area contributed by atoms with Gasteiger partial charge in [-0.05, 0) is 30.4 Å². The average Bonchev–Trinajstić information content (AvgIpc) is 2.54. The van der Waals surface area contributed by atoms with Crippen molar-refractivity contribution in [1.82, 2.24) is 4.90 Å². The van der Waals surface area contributed by atoms with E-state index >= 15 is 0 Å². The zero-order chi connectivity index (χ0) is 17.2. The van der Waals surface area contributed by atoms with Crippen LogP contribution in [0.3, 0.4) is 0 Å². The lowest BCUT2D eigenvalue weighted by atomic mass is 10.0. The van der Waals surface area contributed by atoms with Crippen LogP contribution in [0.4, 0.5) is 5.69 Å². The second kappa shape index (κ2) is 10.0. The molecule has 0 spiro atoms. The van der Waals surface area contributed by atoms with Crippen LogP contribution in [0.25, 0.3) is 0 Å². The van der Waals surface area contributed by atoms with Crippen LogP contribution in [-0.2, 0) is 22.4 Å². The van der Waals surface area contributed by atoms with E-state index in [1.807, 2.05) is 6.07 Å². The van der Waals surface area contributed by atoms with Gasteiger partial charge >= 0.3 is 0 Å².